The van der Waals surface area contributed by atoms with Gasteiger partial charge in [-0.2, -0.15) is 0 Å². The molecule has 3 aromatic rings. The average molecular weight is 361 g/mol. The second-order valence-corrected chi connectivity index (χ2v) is 6.54. The van der Waals surface area contributed by atoms with E-state index in [-0.39, 0.29) is 17.1 Å². The van der Waals surface area contributed by atoms with Crippen LogP contribution in [0.1, 0.15) is 12.6 Å². The predicted molar refractivity (Wildman–Crippen MR) is 96.5 cm³/mol. The molecule has 0 spiro atoms. The van der Waals surface area contributed by atoms with E-state index in [9.17, 15) is 18.8 Å². The van der Waals surface area contributed by atoms with Crippen molar-refractivity contribution >= 4 is 21.6 Å². The predicted octanol–water partition coefficient (Wildman–Crippen LogP) is 1.80. The maximum absolute atomic E-state index is 14.6. The van der Waals surface area contributed by atoms with Crippen LogP contribution in [0, 0.1) is 5.82 Å². The summed E-state index contributed by atoms with van der Waals surface area (Å²) in [4.78, 5) is 36.7. The first-order valence-corrected chi connectivity index (χ1v) is 8.46. The Hall–Kier alpha value is -2.74. The molecule has 0 N–H and O–H groups in total. The highest BCUT2D eigenvalue weighted by atomic mass is 32.1. The molecule has 3 rings (SSSR count). The fraction of sp³-hybridized carbons (Fsp3) is 0.235. The van der Waals surface area contributed by atoms with Crippen molar-refractivity contribution < 1.29 is 4.39 Å². The molecule has 8 heteroatoms. The number of hydrogen-bond acceptors (Lipinski definition) is 4. The van der Waals surface area contributed by atoms with E-state index in [1.165, 1.54) is 34.4 Å². The minimum absolute atomic E-state index is 0.170. The lowest BCUT2D eigenvalue weighted by molar-refractivity contribution is 0.604. The van der Waals surface area contributed by atoms with Crippen molar-refractivity contribution in [2.24, 2.45) is 7.05 Å². The molecule has 6 nitrogen and oxygen atoms in total. The van der Waals surface area contributed by atoms with E-state index in [0.29, 0.717) is 22.3 Å². The van der Waals surface area contributed by atoms with Crippen molar-refractivity contribution in [2.45, 2.75) is 19.9 Å². The van der Waals surface area contributed by atoms with E-state index < -0.39 is 17.1 Å². The second kappa shape index (κ2) is 6.29. The minimum Gasteiger partial charge on any atom is -0.300 e. The highest BCUT2D eigenvalue weighted by Gasteiger charge is 2.17. The number of allylic oxidation sites excluding steroid dienone is 1. The molecule has 2 heterocycles. The highest BCUT2D eigenvalue weighted by Crippen LogP contribution is 2.23. The number of nitrogens with zero attached hydrogens (tertiary/aromatic N) is 3. The summed E-state index contributed by atoms with van der Waals surface area (Å²) in [5.41, 5.74) is -0.385. The van der Waals surface area contributed by atoms with E-state index in [4.69, 9.17) is 0 Å². The molecule has 0 aliphatic carbocycles. The van der Waals surface area contributed by atoms with Crippen molar-refractivity contribution in [3.63, 3.8) is 0 Å². The zero-order valence-corrected chi connectivity index (χ0v) is 14.6. The standard InChI is InChI=1S/C17H16FN3O3S/c1-4-6-20-13-9-12(11(18)8-14(13)25-17(20)24)21-15(22)7-10(5-2)19(3)16(21)23/h4,7-9H,1,5-6H2,2-3H3. The van der Waals surface area contributed by atoms with E-state index >= 15 is 0 Å². The maximum Gasteiger partial charge on any atom is 0.335 e. The van der Waals surface area contributed by atoms with Gasteiger partial charge in [0.2, 0.25) is 0 Å². The van der Waals surface area contributed by atoms with Gasteiger partial charge in [0.15, 0.2) is 0 Å². The van der Waals surface area contributed by atoms with Gasteiger partial charge >= 0.3 is 10.6 Å². The first kappa shape index (κ1) is 17.1. The lowest BCUT2D eigenvalue weighted by atomic mass is 10.2. The largest absolute Gasteiger partial charge is 0.335 e. The third kappa shape index (κ3) is 2.68. The number of benzene rings is 1. The number of hydrogen-bond donors (Lipinski definition) is 0. The van der Waals surface area contributed by atoms with Crippen LogP contribution >= 0.6 is 11.3 Å². The number of rotatable bonds is 4. The number of fused-ring (bicyclic) bond motifs is 1. The van der Waals surface area contributed by atoms with Gasteiger partial charge in [0.25, 0.3) is 5.56 Å². The third-order valence-electron chi connectivity index (χ3n) is 4.07. The molecule has 25 heavy (non-hydrogen) atoms. The van der Waals surface area contributed by atoms with Gasteiger partial charge in [0, 0.05) is 25.4 Å². The van der Waals surface area contributed by atoms with Crippen LogP contribution in [0.2, 0.25) is 0 Å². The van der Waals surface area contributed by atoms with E-state index in [1.807, 2.05) is 6.92 Å². The smallest absolute Gasteiger partial charge is 0.300 e. The van der Waals surface area contributed by atoms with Crippen molar-refractivity contribution in [1.82, 2.24) is 13.7 Å². The molecule has 1 aromatic carbocycles. The molecular weight excluding hydrogens is 345 g/mol. The van der Waals surface area contributed by atoms with Crippen LogP contribution in [0.15, 0.2) is 45.2 Å². The summed E-state index contributed by atoms with van der Waals surface area (Å²) in [7, 11) is 1.53. The number of aromatic nitrogens is 3. The molecule has 130 valence electrons. The topological polar surface area (TPSA) is 66.0 Å². The molecule has 0 atom stereocenters. The summed E-state index contributed by atoms with van der Waals surface area (Å²) in [5.74, 6) is -0.733. The average Bonchev–Trinajstić information content (AvgIpc) is 2.86. The zero-order chi connectivity index (χ0) is 18.3. The summed E-state index contributed by atoms with van der Waals surface area (Å²) < 4.78 is 18.5. The van der Waals surface area contributed by atoms with Crippen LogP contribution in [0.4, 0.5) is 4.39 Å². The molecular formula is C17H16FN3O3S. The summed E-state index contributed by atoms with van der Waals surface area (Å²) >= 11 is 0.903. The van der Waals surface area contributed by atoms with Gasteiger partial charge in [-0.3, -0.25) is 14.2 Å². The Labute approximate surface area is 145 Å². The Kier molecular flexibility index (Phi) is 4.30. The van der Waals surface area contributed by atoms with Gasteiger partial charge < -0.3 is 4.57 Å². The van der Waals surface area contributed by atoms with Crippen LogP contribution < -0.4 is 16.1 Å². The Bertz CT molecular complexity index is 1170. The molecule has 0 aliphatic rings. The van der Waals surface area contributed by atoms with Crippen LogP contribution in [0.5, 0.6) is 0 Å². The van der Waals surface area contributed by atoms with Crippen LogP contribution in [-0.2, 0) is 20.0 Å². The summed E-state index contributed by atoms with van der Waals surface area (Å²) in [6, 6.07) is 3.85. The second-order valence-electron chi connectivity index (χ2n) is 5.54. The summed E-state index contributed by atoms with van der Waals surface area (Å²) in [6.45, 7) is 5.68. The van der Waals surface area contributed by atoms with Crippen LogP contribution in [-0.4, -0.2) is 13.7 Å². The molecule has 2 aromatic heterocycles. The highest BCUT2D eigenvalue weighted by molar-refractivity contribution is 7.16. The Morgan fingerprint density at radius 3 is 2.60 bits per heavy atom. The molecule has 0 saturated heterocycles. The van der Waals surface area contributed by atoms with Gasteiger partial charge in [-0.05, 0) is 18.6 Å². The third-order valence-corrected chi connectivity index (χ3v) is 5.01. The molecule has 0 aliphatic heterocycles. The quantitative estimate of drug-likeness (QED) is 0.666. The van der Waals surface area contributed by atoms with E-state index in [1.54, 1.807) is 6.08 Å². The molecule has 0 unspecified atom stereocenters. The Balaban J connectivity index is 2.39. The SMILES string of the molecule is C=CCn1c(=O)sc2cc(F)c(-n3c(=O)cc(CC)n(C)c3=O)cc21. The van der Waals surface area contributed by atoms with Crippen molar-refractivity contribution in [3.05, 3.63) is 72.9 Å². The van der Waals surface area contributed by atoms with Gasteiger partial charge in [-0.25, -0.2) is 13.8 Å². The monoisotopic (exact) mass is 361 g/mol. The lowest BCUT2D eigenvalue weighted by Gasteiger charge is -2.12. The van der Waals surface area contributed by atoms with Gasteiger partial charge in [-0.1, -0.05) is 24.3 Å². The van der Waals surface area contributed by atoms with Gasteiger partial charge in [0.1, 0.15) is 5.82 Å². The first-order valence-electron chi connectivity index (χ1n) is 7.65. The fourth-order valence-corrected chi connectivity index (χ4v) is 3.69. The van der Waals surface area contributed by atoms with Gasteiger partial charge in [0.05, 0.1) is 15.9 Å². The van der Waals surface area contributed by atoms with Crippen LogP contribution in [0.25, 0.3) is 15.9 Å². The first-order chi connectivity index (χ1) is 11.9. The number of thiazole rings is 1. The molecule has 0 radical (unpaired) electrons. The van der Waals surface area contributed by atoms with Crippen LogP contribution in [0.3, 0.4) is 0 Å². The zero-order valence-electron chi connectivity index (χ0n) is 13.8. The minimum atomic E-state index is -0.733. The fourth-order valence-electron chi connectivity index (χ4n) is 2.78. The molecule has 0 saturated carbocycles. The maximum atomic E-state index is 14.6. The lowest BCUT2D eigenvalue weighted by Crippen LogP contribution is -2.39. The number of aryl methyl sites for hydroxylation is 1. The summed E-state index contributed by atoms with van der Waals surface area (Å²) in [6.07, 6.45) is 2.06. The van der Waals surface area contributed by atoms with Crippen molar-refractivity contribution in [2.75, 3.05) is 0 Å². The summed E-state index contributed by atoms with van der Waals surface area (Å²) in [5, 5.41) is 0. The van der Waals surface area contributed by atoms with Gasteiger partial charge in [-0.15, -0.1) is 6.58 Å². The van der Waals surface area contributed by atoms with Crippen molar-refractivity contribution in [1.29, 1.82) is 0 Å². The number of halogens is 1. The molecule has 0 amide bonds. The normalized spacial score (nSPS) is 11.2. The van der Waals surface area contributed by atoms with Crippen molar-refractivity contribution in [3.8, 4) is 5.69 Å². The Morgan fingerprint density at radius 1 is 1.24 bits per heavy atom. The Morgan fingerprint density at radius 2 is 1.96 bits per heavy atom. The molecule has 0 fully saturated rings. The van der Waals surface area contributed by atoms with E-state index in [2.05, 4.69) is 6.58 Å². The molecule has 0 bridgehead atoms. The van der Waals surface area contributed by atoms with E-state index in [0.717, 1.165) is 15.9 Å².